The molecule has 0 heterocycles. The van der Waals surface area contributed by atoms with Crippen molar-refractivity contribution in [3.05, 3.63) is 56.5 Å². The first-order chi connectivity index (χ1) is 10.3. The zero-order valence-corrected chi connectivity index (χ0v) is 14.4. The lowest BCUT2D eigenvalue weighted by Crippen LogP contribution is -2.22. The maximum Gasteiger partial charge on any atom is 0.243 e. The van der Waals surface area contributed by atoms with Crippen molar-refractivity contribution in [2.24, 2.45) is 0 Å². The van der Waals surface area contributed by atoms with Gasteiger partial charge in [0.1, 0.15) is 0 Å². The Kier molecular flexibility index (Phi) is 5.57. The Hall–Kier alpha value is -1.42. The van der Waals surface area contributed by atoms with Gasteiger partial charge in [-0.2, -0.15) is 0 Å². The molecule has 2 aromatic rings. The second-order valence-corrected chi connectivity index (χ2v) is 6.25. The predicted molar refractivity (Wildman–Crippen MR) is 94.5 cm³/mol. The van der Waals surface area contributed by atoms with Crippen LogP contribution in [-0.4, -0.2) is 12.5 Å². The van der Waals surface area contributed by atoms with Crippen molar-refractivity contribution >= 4 is 52.1 Å². The minimum Gasteiger partial charge on any atom is -0.376 e. The summed E-state index contributed by atoms with van der Waals surface area (Å²) < 4.78 is 0. The van der Waals surface area contributed by atoms with Gasteiger partial charge in [-0.1, -0.05) is 40.9 Å². The van der Waals surface area contributed by atoms with E-state index in [0.29, 0.717) is 20.8 Å². The Morgan fingerprint density at radius 1 is 0.909 bits per heavy atom. The van der Waals surface area contributed by atoms with Crippen LogP contribution in [0, 0.1) is 13.8 Å². The minimum absolute atomic E-state index is 0.124. The predicted octanol–water partition coefficient (Wildman–Crippen LogP) is 5.31. The fraction of sp³-hybridized carbons (Fsp3) is 0.188. The van der Waals surface area contributed by atoms with Crippen LogP contribution in [-0.2, 0) is 4.79 Å². The van der Waals surface area contributed by atoms with Gasteiger partial charge in [0.2, 0.25) is 5.91 Å². The smallest absolute Gasteiger partial charge is 0.243 e. The summed E-state index contributed by atoms with van der Waals surface area (Å²) in [5.41, 5.74) is 3.60. The fourth-order valence-electron chi connectivity index (χ4n) is 2.07. The van der Waals surface area contributed by atoms with Crippen molar-refractivity contribution < 1.29 is 4.79 Å². The fourth-order valence-corrected chi connectivity index (χ4v) is 2.67. The summed E-state index contributed by atoms with van der Waals surface area (Å²) in [5.74, 6) is -0.223. The van der Waals surface area contributed by atoms with E-state index in [1.807, 2.05) is 26.0 Å². The number of halogens is 3. The summed E-state index contributed by atoms with van der Waals surface area (Å²) in [6.07, 6.45) is 0. The van der Waals surface area contributed by atoms with Crippen molar-refractivity contribution in [2.75, 3.05) is 17.2 Å². The molecule has 2 rings (SSSR count). The van der Waals surface area contributed by atoms with Gasteiger partial charge in [0, 0.05) is 5.69 Å². The average Bonchev–Trinajstić information content (AvgIpc) is 2.41. The van der Waals surface area contributed by atoms with Crippen molar-refractivity contribution in [1.82, 2.24) is 0 Å². The van der Waals surface area contributed by atoms with Crippen LogP contribution in [0.25, 0.3) is 0 Å². The summed E-state index contributed by atoms with van der Waals surface area (Å²) in [6, 6.07) is 9.05. The van der Waals surface area contributed by atoms with Gasteiger partial charge in [0.15, 0.2) is 0 Å². The number of aryl methyl sites for hydroxylation is 2. The number of benzene rings is 2. The number of carbonyl (C=O) groups is 1. The second kappa shape index (κ2) is 7.23. The zero-order chi connectivity index (χ0) is 16.3. The molecule has 22 heavy (non-hydrogen) atoms. The highest BCUT2D eigenvalue weighted by Crippen LogP contribution is 2.32. The van der Waals surface area contributed by atoms with E-state index in [1.54, 1.807) is 0 Å². The van der Waals surface area contributed by atoms with Gasteiger partial charge in [-0.3, -0.25) is 4.79 Å². The van der Waals surface area contributed by atoms with Crippen LogP contribution in [0.1, 0.15) is 11.1 Å². The maximum absolute atomic E-state index is 12.0. The first-order valence-electron chi connectivity index (χ1n) is 6.61. The van der Waals surface area contributed by atoms with E-state index in [4.69, 9.17) is 34.8 Å². The van der Waals surface area contributed by atoms with E-state index >= 15 is 0 Å². The van der Waals surface area contributed by atoms with Gasteiger partial charge in [-0.15, -0.1) is 0 Å². The van der Waals surface area contributed by atoms with E-state index in [1.165, 1.54) is 12.1 Å². The lowest BCUT2D eigenvalue weighted by Gasteiger charge is -2.11. The second-order valence-electron chi connectivity index (χ2n) is 5.02. The van der Waals surface area contributed by atoms with E-state index in [9.17, 15) is 4.79 Å². The number of nitrogens with one attached hydrogen (secondary N) is 2. The van der Waals surface area contributed by atoms with Crippen molar-refractivity contribution in [3.8, 4) is 0 Å². The monoisotopic (exact) mass is 356 g/mol. The van der Waals surface area contributed by atoms with E-state index < -0.39 is 0 Å². The lowest BCUT2D eigenvalue weighted by atomic mass is 10.1. The number of hydrogen-bond donors (Lipinski definition) is 2. The molecule has 0 fully saturated rings. The molecule has 0 aliphatic rings. The highest BCUT2D eigenvalue weighted by atomic mass is 35.5. The van der Waals surface area contributed by atoms with E-state index in [-0.39, 0.29) is 12.5 Å². The van der Waals surface area contributed by atoms with Gasteiger partial charge >= 0.3 is 0 Å². The first kappa shape index (κ1) is 16.9. The SMILES string of the molecule is Cc1cc(C)cc(NCC(=O)Nc2cc(Cl)c(Cl)cc2Cl)c1. The summed E-state index contributed by atoms with van der Waals surface area (Å²) in [6.45, 7) is 4.14. The van der Waals surface area contributed by atoms with Crippen LogP contribution in [0.15, 0.2) is 30.3 Å². The number of carbonyl (C=O) groups excluding carboxylic acids is 1. The molecule has 0 unspecified atom stereocenters. The van der Waals surface area contributed by atoms with E-state index in [2.05, 4.69) is 16.7 Å². The largest absolute Gasteiger partial charge is 0.376 e. The first-order valence-corrected chi connectivity index (χ1v) is 7.75. The van der Waals surface area contributed by atoms with E-state index in [0.717, 1.165) is 16.8 Å². The molecule has 0 radical (unpaired) electrons. The number of hydrogen-bond acceptors (Lipinski definition) is 2. The van der Waals surface area contributed by atoms with Crippen LogP contribution in [0.5, 0.6) is 0 Å². The minimum atomic E-state index is -0.223. The molecule has 116 valence electrons. The molecule has 2 aromatic carbocycles. The van der Waals surface area contributed by atoms with Crippen LogP contribution < -0.4 is 10.6 Å². The summed E-state index contributed by atoms with van der Waals surface area (Å²) in [5, 5.41) is 6.80. The highest BCUT2D eigenvalue weighted by molar-refractivity contribution is 6.44. The molecule has 3 nitrogen and oxygen atoms in total. The van der Waals surface area contributed by atoms with Crippen LogP contribution >= 0.6 is 34.8 Å². The van der Waals surface area contributed by atoms with Crippen molar-refractivity contribution in [2.45, 2.75) is 13.8 Å². The van der Waals surface area contributed by atoms with Gasteiger partial charge < -0.3 is 10.6 Å². The molecule has 0 aromatic heterocycles. The molecule has 0 spiro atoms. The highest BCUT2D eigenvalue weighted by Gasteiger charge is 2.09. The quantitative estimate of drug-likeness (QED) is 0.728. The van der Waals surface area contributed by atoms with Gasteiger partial charge in [0.25, 0.3) is 0 Å². The zero-order valence-electron chi connectivity index (χ0n) is 12.1. The van der Waals surface area contributed by atoms with Crippen molar-refractivity contribution in [1.29, 1.82) is 0 Å². The Labute approximate surface area is 144 Å². The molecule has 2 N–H and O–H groups in total. The summed E-state index contributed by atoms with van der Waals surface area (Å²) >= 11 is 17.8. The third kappa shape index (κ3) is 4.54. The van der Waals surface area contributed by atoms with Crippen LogP contribution in [0.4, 0.5) is 11.4 Å². The summed E-state index contributed by atoms with van der Waals surface area (Å²) in [4.78, 5) is 12.0. The standard InChI is InChI=1S/C16H15Cl3N2O/c1-9-3-10(2)5-11(4-9)20-8-16(22)21-15-7-13(18)12(17)6-14(15)19/h3-7,20H,8H2,1-2H3,(H,21,22). The molecule has 0 atom stereocenters. The van der Waals surface area contributed by atoms with Gasteiger partial charge in [0.05, 0.1) is 27.3 Å². The van der Waals surface area contributed by atoms with Crippen molar-refractivity contribution in [3.63, 3.8) is 0 Å². The summed E-state index contributed by atoms with van der Waals surface area (Å²) in [7, 11) is 0. The number of amides is 1. The maximum atomic E-state index is 12.0. The van der Waals surface area contributed by atoms with Gasteiger partial charge in [-0.05, 0) is 49.2 Å². The van der Waals surface area contributed by atoms with Crippen LogP contribution in [0.2, 0.25) is 15.1 Å². The Morgan fingerprint density at radius 3 is 2.14 bits per heavy atom. The molecule has 0 saturated carbocycles. The molecule has 0 aliphatic carbocycles. The molecular formula is C16H15Cl3N2O. The third-order valence-electron chi connectivity index (χ3n) is 2.96. The molecule has 1 amide bonds. The molecule has 0 bridgehead atoms. The molecule has 0 saturated heterocycles. The third-order valence-corrected chi connectivity index (χ3v) is 3.99. The number of rotatable bonds is 4. The topological polar surface area (TPSA) is 41.1 Å². The van der Waals surface area contributed by atoms with Gasteiger partial charge in [-0.25, -0.2) is 0 Å². The Morgan fingerprint density at radius 2 is 1.50 bits per heavy atom. The normalized spacial score (nSPS) is 10.4. The molecule has 0 aliphatic heterocycles. The lowest BCUT2D eigenvalue weighted by molar-refractivity contribution is -0.114. The molecule has 6 heteroatoms. The Balaban J connectivity index is 2.00. The average molecular weight is 358 g/mol. The molecular weight excluding hydrogens is 343 g/mol. The number of anilines is 2. The van der Waals surface area contributed by atoms with Crippen LogP contribution in [0.3, 0.4) is 0 Å². The Bertz CT molecular complexity index is 697.